The molecule has 2 aliphatic rings. The third kappa shape index (κ3) is 4.63. The van der Waals surface area contributed by atoms with E-state index in [-0.39, 0.29) is 5.91 Å². The number of nitrogens with zero attached hydrogens (tertiary/aromatic N) is 3. The maximum absolute atomic E-state index is 12.2. The number of thiocarbonyl (C=S) groups is 1. The fourth-order valence-corrected chi connectivity index (χ4v) is 3.68. The van der Waals surface area contributed by atoms with Crippen LogP contribution in [0.4, 0.5) is 0 Å². The van der Waals surface area contributed by atoms with Gasteiger partial charge in [0.05, 0.1) is 11.5 Å². The van der Waals surface area contributed by atoms with Crippen LogP contribution in [0.3, 0.4) is 0 Å². The molecule has 0 aromatic carbocycles. The zero-order chi connectivity index (χ0) is 15.4. The second-order valence-electron chi connectivity index (χ2n) is 6.51. The summed E-state index contributed by atoms with van der Waals surface area (Å²) in [6.07, 6.45) is 4.38. The van der Waals surface area contributed by atoms with E-state index in [0.29, 0.717) is 24.5 Å². The van der Waals surface area contributed by atoms with Crippen molar-refractivity contribution in [2.24, 2.45) is 11.7 Å². The Balaban J connectivity index is 1.78. The van der Waals surface area contributed by atoms with Crippen LogP contribution >= 0.6 is 12.2 Å². The molecule has 2 fully saturated rings. The average molecular weight is 312 g/mol. The van der Waals surface area contributed by atoms with E-state index in [0.717, 1.165) is 25.0 Å². The Kier molecular flexibility index (Phi) is 5.96. The number of amides is 1. The fraction of sp³-hybridized carbons (Fsp3) is 0.867. The molecule has 6 heteroatoms. The summed E-state index contributed by atoms with van der Waals surface area (Å²) >= 11 is 4.86. The van der Waals surface area contributed by atoms with Crippen LogP contribution in [0, 0.1) is 5.92 Å². The molecule has 0 bridgehead atoms. The number of rotatable bonds is 5. The van der Waals surface area contributed by atoms with Crippen molar-refractivity contribution >= 4 is 23.1 Å². The molecule has 0 spiro atoms. The van der Waals surface area contributed by atoms with Gasteiger partial charge in [-0.05, 0) is 38.8 Å². The SMILES string of the molecule is CN(CCC(N)=S)C(=O)CN1CCC2C(CCCN2C)C1. The molecule has 2 rings (SSSR count). The lowest BCUT2D eigenvalue weighted by Crippen LogP contribution is -2.54. The van der Waals surface area contributed by atoms with Crippen molar-refractivity contribution < 1.29 is 4.79 Å². The van der Waals surface area contributed by atoms with Crippen molar-refractivity contribution in [2.75, 3.05) is 46.8 Å². The highest BCUT2D eigenvalue weighted by Crippen LogP contribution is 2.29. The number of likely N-dealkylation sites (N-methyl/N-ethyl adjacent to an activating group) is 1. The van der Waals surface area contributed by atoms with Crippen molar-refractivity contribution in [1.29, 1.82) is 0 Å². The van der Waals surface area contributed by atoms with E-state index < -0.39 is 0 Å². The van der Waals surface area contributed by atoms with Gasteiger partial charge in [0.1, 0.15) is 0 Å². The summed E-state index contributed by atoms with van der Waals surface area (Å²) in [7, 11) is 4.07. The molecule has 2 heterocycles. The molecular weight excluding hydrogens is 284 g/mol. The lowest BCUT2D eigenvalue weighted by atomic mass is 9.84. The number of nitrogens with two attached hydrogens (primary N) is 1. The van der Waals surface area contributed by atoms with E-state index in [9.17, 15) is 4.79 Å². The van der Waals surface area contributed by atoms with Crippen LogP contribution in [0.5, 0.6) is 0 Å². The Morgan fingerprint density at radius 1 is 1.38 bits per heavy atom. The summed E-state index contributed by atoms with van der Waals surface area (Å²) in [4.78, 5) is 19.3. The van der Waals surface area contributed by atoms with Gasteiger partial charge in [0.15, 0.2) is 0 Å². The molecule has 0 radical (unpaired) electrons. The molecule has 5 nitrogen and oxygen atoms in total. The number of piperidine rings is 2. The van der Waals surface area contributed by atoms with Gasteiger partial charge in [0, 0.05) is 39.1 Å². The zero-order valence-corrected chi connectivity index (χ0v) is 14.1. The number of carbonyl (C=O) groups is 1. The molecule has 0 saturated carbocycles. The third-order valence-electron chi connectivity index (χ3n) is 4.91. The lowest BCUT2D eigenvalue weighted by Gasteiger charge is -2.46. The molecule has 2 unspecified atom stereocenters. The summed E-state index contributed by atoms with van der Waals surface area (Å²) < 4.78 is 0. The Hall–Kier alpha value is -0.720. The topological polar surface area (TPSA) is 52.8 Å². The maximum Gasteiger partial charge on any atom is 0.236 e. The molecule has 2 aliphatic heterocycles. The Bertz CT molecular complexity index is 390. The van der Waals surface area contributed by atoms with Gasteiger partial charge in [0.25, 0.3) is 0 Å². The fourth-order valence-electron chi connectivity index (χ4n) is 3.59. The minimum atomic E-state index is 0.175. The largest absolute Gasteiger partial charge is 0.393 e. The predicted molar refractivity (Wildman–Crippen MR) is 89.2 cm³/mol. The number of fused-ring (bicyclic) bond motifs is 1. The van der Waals surface area contributed by atoms with Crippen molar-refractivity contribution in [3.05, 3.63) is 0 Å². The predicted octanol–water partition coefficient (Wildman–Crippen LogP) is 0.537. The first kappa shape index (κ1) is 16.6. The molecule has 120 valence electrons. The van der Waals surface area contributed by atoms with Crippen LogP contribution in [0.15, 0.2) is 0 Å². The summed E-state index contributed by atoms with van der Waals surface area (Å²) in [5.74, 6) is 0.904. The van der Waals surface area contributed by atoms with Gasteiger partial charge in [-0.2, -0.15) is 0 Å². The number of hydrogen-bond acceptors (Lipinski definition) is 4. The van der Waals surface area contributed by atoms with Crippen LogP contribution in [0.25, 0.3) is 0 Å². The van der Waals surface area contributed by atoms with Gasteiger partial charge in [-0.3, -0.25) is 9.69 Å². The van der Waals surface area contributed by atoms with Crippen molar-refractivity contribution in [3.63, 3.8) is 0 Å². The molecule has 1 amide bonds. The van der Waals surface area contributed by atoms with Crippen molar-refractivity contribution in [3.8, 4) is 0 Å². The van der Waals surface area contributed by atoms with Gasteiger partial charge in [0.2, 0.25) is 5.91 Å². The highest BCUT2D eigenvalue weighted by Gasteiger charge is 2.34. The smallest absolute Gasteiger partial charge is 0.236 e. The van der Waals surface area contributed by atoms with Crippen LogP contribution in [-0.2, 0) is 4.79 Å². The van der Waals surface area contributed by atoms with Crippen molar-refractivity contribution in [1.82, 2.24) is 14.7 Å². The minimum absolute atomic E-state index is 0.175. The van der Waals surface area contributed by atoms with E-state index in [1.165, 1.54) is 25.8 Å². The van der Waals surface area contributed by atoms with Gasteiger partial charge in [-0.25, -0.2) is 0 Å². The van der Waals surface area contributed by atoms with E-state index in [1.54, 1.807) is 4.90 Å². The van der Waals surface area contributed by atoms with Gasteiger partial charge >= 0.3 is 0 Å². The second-order valence-corrected chi connectivity index (χ2v) is 7.03. The van der Waals surface area contributed by atoms with Crippen LogP contribution < -0.4 is 5.73 Å². The quantitative estimate of drug-likeness (QED) is 0.751. The monoisotopic (exact) mass is 312 g/mol. The standard InChI is InChI=1S/C15H28N4OS/c1-17-7-3-4-12-10-19(9-5-13(12)17)11-15(20)18(2)8-6-14(16)21/h12-13H,3-11H2,1-2H3,(H2,16,21). The summed E-state index contributed by atoms with van der Waals surface area (Å²) in [6.45, 7) is 4.46. The average Bonchev–Trinajstić information content (AvgIpc) is 2.44. The molecule has 2 saturated heterocycles. The first-order valence-electron chi connectivity index (χ1n) is 7.92. The summed E-state index contributed by atoms with van der Waals surface area (Å²) in [5.41, 5.74) is 5.49. The summed E-state index contributed by atoms with van der Waals surface area (Å²) in [6, 6.07) is 0.720. The van der Waals surface area contributed by atoms with Crippen LogP contribution in [-0.4, -0.2) is 78.5 Å². The minimum Gasteiger partial charge on any atom is -0.393 e. The van der Waals surface area contributed by atoms with Crippen LogP contribution in [0.2, 0.25) is 0 Å². The number of hydrogen-bond donors (Lipinski definition) is 1. The van der Waals surface area contributed by atoms with Gasteiger partial charge in [-0.15, -0.1) is 0 Å². The molecule has 2 atom stereocenters. The zero-order valence-electron chi connectivity index (χ0n) is 13.3. The van der Waals surface area contributed by atoms with E-state index in [2.05, 4.69) is 16.8 Å². The van der Waals surface area contributed by atoms with Gasteiger partial charge < -0.3 is 15.5 Å². The first-order valence-corrected chi connectivity index (χ1v) is 8.33. The lowest BCUT2D eigenvalue weighted by molar-refractivity contribution is -0.131. The molecular formula is C15H28N4OS. The molecule has 0 aromatic rings. The van der Waals surface area contributed by atoms with Crippen molar-refractivity contribution in [2.45, 2.75) is 31.7 Å². The number of carbonyl (C=O) groups excluding carboxylic acids is 1. The second kappa shape index (κ2) is 7.51. The normalized spacial score (nSPS) is 27.1. The van der Waals surface area contributed by atoms with E-state index in [4.69, 9.17) is 18.0 Å². The molecule has 0 aromatic heterocycles. The Labute approximate surface area is 133 Å². The first-order chi connectivity index (χ1) is 9.97. The van der Waals surface area contributed by atoms with E-state index in [1.807, 2.05) is 7.05 Å². The van der Waals surface area contributed by atoms with Gasteiger partial charge in [-0.1, -0.05) is 12.2 Å². The molecule has 0 aliphatic carbocycles. The Morgan fingerprint density at radius 3 is 2.86 bits per heavy atom. The highest BCUT2D eigenvalue weighted by molar-refractivity contribution is 7.80. The highest BCUT2D eigenvalue weighted by atomic mass is 32.1. The Morgan fingerprint density at radius 2 is 2.14 bits per heavy atom. The summed E-state index contributed by atoms with van der Waals surface area (Å²) in [5, 5.41) is 0. The third-order valence-corrected chi connectivity index (χ3v) is 5.11. The number of likely N-dealkylation sites (tertiary alicyclic amines) is 2. The molecule has 21 heavy (non-hydrogen) atoms. The van der Waals surface area contributed by atoms with E-state index >= 15 is 0 Å². The maximum atomic E-state index is 12.2. The van der Waals surface area contributed by atoms with Crippen LogP contribution in [0.1, 0.15) is 25.7 Å². The molecule has 2 N–H and O–H groups in total.